The fourth-order valence-electron chi connectivity index (χ4n) is 2.37. The number of carbonyl (C=O) groups is 2. The minimum absolute atomic E-state index is 0.187. The summed E-state index contributed by atoms with van der Waals surface area (Å²) in [7, 11) is 0. The fourth-order valence-corrected chi connectivity index (χ4v) is 7.38. The molecule has 0 bridgehead atoms. The van der Waals surface area contributed by atoms with Gasteiger partial charge in [-0.25, -0.2) is 0 Å². The van der Waals surface area contributed by atoms with E-state index < -0.39 is 22.0 Å². The summed E-state index contributed by atoms with van der Waals surface area (Å²) in [4.78, 5) is 23.0. The van der Waals surface area contributed by atoms with Gasteiger partial charge in [0.2, 0.25) is 0 Å². The molecule has 0 amide bonds. The molecule has 19 heavy (non-hydrogen) atoms. The van der Waals surface area contributed by atoms with Crippen molar-refractivity contribution in [3.63, 3.8) is 0 Å². The first-order chi connectivity index (χ1) is 9.20. The third-order valence-electron chi connectivity index (χ3n) is 3.40. The van der Waals surface area contributed by atoms with Gasteiger partial charge in [-0.1, -0.05) is 0 Å². The number of carbonyl (C=O) groups excluding carboxylic acids is 2. The Kier molecular flexibility index (Phi) is 6.68. The van der Waals surface area contributed by atoms with Gasteiger partial charge in [-0.05, 0) is 0 Å². The van der Waals surface area contributed by atoms with E-state index in [2.05, 4.69) is 0 Å². The number of hydrogen-bond acceptors (Lipinski definition) is 6. The molecule has 2 aliphatic rings. The van der Waals surface area contributed by atoms with Gasteiger partial charge in [0.05, 0.1) is 0 Å². The van der Waals surface area contributed by atoms with Crippen LogP contribution in [0.5, 0.6) is 0 Å². The molecule has 1 spiro atoms. The molecule has 0 aromatic carbocycles. The predicted molar refractivity (Wildman–Crippen MR) is 80.7 cm³/mol. The Morgan fingerprint density at radius 2 is 1.42 bits per heavy atom. The van der Waals surface area contributed by atoms with Gasteiger partial charge < -0.3 is 0 Å². The first-order valence-electron chi connectivity index (χ1n) is 6.79. The predicted octanol–water partition coefficient (Wildman–Crippen LogP) is 1.99. The molecule has 1 aliphatic heterocycles. The number of rotatable bonds is 0. The second-order valence-corrected chi connectivity index (χ2v) is 10.4. The van der Waals surface area contributed by atoms with E-state index in [0.29, 0.717) is 12.8 Å². The quantitative estimate of drug-likeness (QED) is 0.569. The van der Waals surface area contributed by atoms with Crippen molar-refractivity contribution in [2.24, 2.45) is 0 Å². The third kappa shape index (κ3) is 5.38. The van der Waals surface area contributed by atoms with E-state index >= 15 is 0 Å². The molecule has 0 aromatic rings. The summed E-state index contributed by atoms with van der Waals surface area (Å²) in [5.41, 5.74) is 0. The average molecular weight is 411 g/mol. The van der Waals surface area contributed by atoms with Gasteiger partial charge in [0, 0.05) is 0 Å². The zero-order valence-electron chi connectivity index (χ0n) is 11.0. The maximum absolute atomic E-state index is 11.5. The Morgan fingerprint density at radius 3 is 1.95 bits per heavy atom. The third-order valence-corrected chi connectivity index (χ3v) is 9.30. The maximum atomic E-state index is 11.5. The molecule has 0 atom stereocenters. The van der Waals surface area contributed by atoms with Crippen LogP contribution in [-0.2, 0) is 15.7 Å². The molecule has 0 N–H and O–H groups in total. The second-order valence-electron chi connectivity index (χ2n) is 4.82. The van der Waals surface area contributed by atoms with Crippen LogP contribution in [0.4, 0.5) is 0 Å². The van der Waals surface area contributed by atoms with Crippen molar-refractivity contribution >= 4 is 57.4 Å². The molecule has 4 nitrogen and oxygen atoms in total. The molecule has 1 heterocycles. The summed E-state index contributed by atoms with van der Waals surface area (Å²) in [5, 5.41) is 0. The minimum atomic E-state index is -2.08. The summed E-state index contributed by atoms with van der Waals surface area (Å²) >= 11 is 1.71. The van der Waals surface area contributed by atoms with Gasteiger partial charge in [-0.15, -0.1) is 0 Å². The van der Waals surface area contributed by atoms with E-state index in [4.69, 9.17) is 6.15 Å². The molecule has 1 saturated carbocycles. The molecule has 0 radical (unpaired) electrons. The Bertz CT molecular complexity index is 308. The van der Waals surface area contributed by atoms with E-state index in [9.17, 15) is 9.59 Å². The molecular weight excluding hydrogens is 391 g/mol. The molecule has 2 fully saturated rings. The first kappa shape index (κ1) is 15.8. The van der Waals surface area contributed by atoms with Gasteiger partial charge in [0.1, 0.15) is 0 Å². The van der Waals surface area contributed by atoms with Gasteiger partial charge >= 0.3 is 134 Å². The standard InChI is InChI=1S/C12H20O4S2.Sn.2H/c13-10(14)4-8-17-12(6-2-1-3-7-12)18-9-5-11(15)16;;;/h1-9H2,(H,13,14)(H,15,16);;;/q;+2;;/p-2. The van der Waals surface area contributed by atoms with E-state index in [1.807, 2.05) is 23.5 Å². The summed E-state index contributed by atoms with van der Waals surface area (Å²) in [6.45, 7) is 0. The topological polar surface area (TPSA) is 52.6 Å². The molecule has 1 saturated heterocycles. The van der Waals surface area contributed by atoms with E-state index in [1.165, 1.54) is 32.1 Å². The Hall–Kier alpha value is 0.439. The van der Waals surface area contributed by atoms with Crippen molar-refractivity contribution in [1.82, 2.24) is 0 Å². The van der Waals surface area contributed by atoms with Gasteiger partial charge in [0.15, 0.2) is 0 Å². The molecule has 1 aliphatic carbocycles. The second kappa shape index (κ2) is 8.02. The molecule has 0 unspecified atom stereocenters. The van der Waals surface area contributed by atoms with E-state index in [-0.39, 0.29) is 16.0 Å². The SMILES string of the molecule is O=C1CCSC2(CCCCC2)SCCC(=O)[O][SnH2][O]1. The first-order valence-corrected chi connectivity index (χ1v) is 12.1. The van der Waals surface area contributed by atoms with Gasteiger partial charge in [-0.3, -0.25) is 0 Å². The number of hydrogen-bond donors (Lipinski definition) is 0. The van der Waals surface area contributed by atoms with Crippen molar-refractivity contribution in [2.45, 2.75) is 49.0 Å². The van der Waals surface area contributed by atoms with E-state index in [1.54, 1.807) is 0 Å². The van der Waals surface area contributed by atoms with Crippen LogP contribution in [0.2, 0.25) is 0 Å². The zero-order chi connectivity index (χ0) is 13.6. The van der Waals surface area contributed by atoms with Crippen LogP contribution >= 0.6 is 23.5 Å². The summed E-state index contributed by atoms with van der Waals surface area (Å²) in [6, 6.07) is 0. The Balaban J connectivity index is 1.95. The monoisotopic (exact) mass is 412 g/mol. The van der Waals surface area contributed by atoms with Crippen LogP contribution in [-0.4, -0.2) is 49.5 Å². The fraction of sp³-hybridized carbons (Fsp3) is 0.833. The van der Waals surface area contributed by atoms with Crippen LogP contribution in [0.3, 0.4) is 0 Å². The molecule has 108 valence electrons. The van der Waals surface area contributed by atoms with Crippen molar-refractivity contribution in [3.8, 4) is 0 Å². The zero-order valence-corrected chi connectivity index (χ0v) is 16.7. The molecule has 2 rings (SSSR count). The summed E-state index contributed by atoms with van der Waals surface area (Å²) < 4.78 is 10.3. The van der Waals surface area contributed by atoms with Crippen LogP contribution in [0, 0.1) is 0 Å². The Labute approximate surface area is 133 Å². The molecule has 7 heteroatoms. The molecule has 0 aromatic heterocycles. The van der Waals surface area contributed by atoms with Crippen LogP contribution in [0.25, 0.3) is 0 Å². The van der Waals surface area contributed by atoms with E-state index in [0.717, 1.165) is 11.5 Å². The Morgan fingerprint density at radius 1 is 0.895 bits per heavy atom. The van der Waals surface area contributed by atoms with Crippen LogP contribution < -0.4 is 0 Å². The summed E-state index contributed by atoms with van der Waals surface area (Å²) in [6.07, 6.45) is 7.08. The molecular formula is C12H20O4S2Sn. The van der Waals surface area contributed by atoms with Crippen LogP contribution in [0.1, 0.15) is 44.9 Å². The van der Waals surface area contributed by atoms with Crippen molar-refractivity contribution in [2.75, 3.05) is 11.5 Å². The van der Waals surface area contributed by atoms with Gasteiger partial charge in [-0.2, -0.15) is 0 Å². The normalized spacial score (nSPS) is 25.9. The van der Waals surface area contributed by atoms with Crippen molar-refractivity contribution in [1.29, 1.82) is 0 Å². The van der Waals surface area contributed by atoms with Crippen molar-refractivity contribution in [3.05, 3.63) is 0 Å². The van der Waals surface area contributed by atoms with Crippen molar-refractivity contribution < 1.29 is 15.7 Å². The number of thioether (sulfide) groups is 2. The average Bonchev–Trinajstić information content (AvgIpc) is 2.38. The van der Waals surface area contributed by atoms with Gasteiger partial charge in [0.25, 0.3) is 0 Å². The summed E-state index contributed by atoms with van der Waals surface area (Å²) in [5.74, 6) is 1.28. The van der Waals surface area contributed by atoms with Crippen LogP contribution in [0.15, 0.2) is 0 Å².